The van der Waals surface area contributed by atoms with Crippen LogP contribution in [0.5, 0.6) is 0 Å². The van der Waals surface area contributed by atoms with Crippen molar-refractivity contribution in [1.82, 2.24) is 14.9 Å². The monoisotopic (exact) mass is 385 g/mol. The highest BCUT2D eigenvalue weighted by Crippen LogP contribution is 2.33. The lowest BCUT2D eigenvalue weighted by atomic mass is 9.92. The van der Waals surface area contributed by atoms with Crippen LogP contribution in [-0.2, 0) is 9.59 Å². The lowest BCUT2D eigenvalue weighted by molar-refractivity contribution is -0.138. The largest absolute Gasteiger partial charge is 0.443 e. The number of rotatable bonds is 3. The molecule has 0 saturated carbocycles. The summed E-state index contributed by atoms with van der Waals surface area (Å²) < 4.78 is 5.74. The topological polar surface area (TPSA) is 106 Å². The highest BCUT2D eigenvalue weighted by Gasteiger charge is 2.33. The van der Waals surface area contributed by atoms with Crippen LogP contribution in [0.3, 0.4) is 0 Å². The minimum Gasteiger partial charge on any atom is -0.443 e. The smallest absolute Gasteiger partial charge is 0.231 e. The Morgan fingerprint density at radius 2 is 1.86 bits per heavy atom. The number of piperidine rings is 2. The van der Waals surface area contributed by atoms with Crippen LogP contribution in [-0.4, -0.2) is 52.9 Å². The van der Waals surface area contributed by atoms with E-state index in [0.717, 1.165) is 41.9 Å². The summed E-state index contributed by atoms with van der Waals surface area (Å²) in [4.78, 5) is 37.3. The Morgan fingerprint density at radius 1 is 1.11 bits per heavy atom. The van der Waals surface area contributed by atoms with Gasteiger partial charge >= 0.3 is 0 Å². The molecule has 2 fully saturated rings. The van der Waals surface area contributed by atoms with Crippen molar-refractivity contribution in [2.24, 2.45) is 17.6 Å². The average molecular weight is 385 g/mol. The molecule has 2 aromatic rings. The highest BCUT2D eigenvalue weighted by molar-refractivity contribution is 5.90. The third kappa shape index (κ3) is 3.31. The summed E-state index contributed by atoms with van der Waals surface area (Å²) in [6.07, 6.45) is 4.67. The molecule has 2 N–H and O–H groups in total. The van der Waals surface area contributed by atoms with Crippen molar-refractivity contribution in [3.63, 3.8) is 0 Å². The molecule has 2 aliphatic rings. The fourth-order valence-corrected chi connectivity index (χ4v) is 4.42. The summed E-state index contributed by atoms with van der Waals surface area (Å²) >= 11 is 0. The number of anilines is 1. The number of aromatic nitrogens is 2. The predicted molar refractivity (Wildman–Crippen MR) is 105 cm³/mol. The summed E-state index contributed by atoms with van der Waals surface area (Å²) in [5.41, 5.74) is 7.05. The molecule has 2 aliphatic heterocycles. The van der Waals surface area contributed by atoms with Gasteiger partial charge in [0.2, 0.25) is 17.5 Å². The first-order valence-electron chi connectivity index (χ1n) is 9.99. The molecule has 0 aromatic carbocycles. The van der Waals surface area contributed by atoms with Gasteiger partial charge in [-0.15, -0.1) is 0 Å². The minimum absolute atomic E-state index is 0.0582. The molecule has 0 aliphatic carbocycles. The molecule has 150 valence electrons. The van der Waals surface area contributed by atoms with Crippen molar-refractivity contribution in [2.45, 2.75) is 39.5 Å². The minimum atomic E-state index is -0.255. The highest BCUT2D eigenvalue weighted by atomic mass is 16.3. The lowest BCUT2D eigenvalue weighted by Gasteiger charge is -2.37. The Kier molecular flexibility index (Phi) is 4.95. The van der Waals surface area contributed by atoms with Gasteiger partial charge in [0.25, 0.3) is 0 Å². The predicted octanol–water partition coefficient (Wildman–Crippen LogP) is 1.78. The molecule has 0 radical (unpaired) electrons. The van der Waals surface area contributed by atoms with Gasteiger partial charge < -0.3 is 20.0 Å². The lowest BCUT2D eigenvalue weighted by Crippen LogP contribution is -2.48. The zero-order valence-corrected chi connectivity index (χ0v) is 16.5. The second-order valence-corrected chi connectivity index (χ2v) is 7.95. The molecule has 0 spiro atoms. The molecular weight excluding hydrogens is 358 g/mol. The number of amides is 2. The van der Waals surface area contributed by atoms with Crippen molar-refractivity contribution in [2.75, 3.05) is 31.1 Å². The third-order valence-corrected chi connectivity index (χ3v) is 6.22. The van der Waals surface area contributed by atoms with Crippen molar-refractivity contribution in [3.05, 3.63) is 17.7 Å². The number of likely N-dealkylation sites (tertiary alicyclic amines) is 1. The molecule has 1 unspecified atom stereocenters. The van der Waals surface area contributed by atoms with E-state index >= 15 is 0 Å². The van der Waals surface area contributed by atoms with Crippen LogP contribution in [0, 0.1) is 25.7 Å². The number of hydrogen-bond acceptors (Lipinski definition) is 6. The number of aryl methyl sites for hydroxylation is 2. The van der Waals surface area contributed by atoms with Crippen LogP contribution >= 0.6 is 0 Å². The van der Waals surface area contributed by atoms with Gasteiger partial charge in [0.05, 0.1) is 11.3 Å². The van der Waals surface area contributed by atoms with Gasteiger partial charge in [-0.2, -0.15) is 0 Å². The SMILES string of the molecule is Cc1oc2ncnc(N3CCCC(C(=O)N4CCC(C(N)=O)CC4)C3)c2c1C. The Hall–Kier alpha value is -2.64. The second kappa shape index (κ2) is 7.41. The summed E-state index contributed by atoms with van der Waals surface area (Å²) in [5, 5.41) is 0.940. The maximum atomic E-state index is 13.1. The van der Waals surface area contributed by atoms with Crippen LogP contribution < -0.4 is 10.6 Å². The number of nitrogens with two attached hydrogens (primary N) is 1. The molecule has 4 heterocycles. The molecule has 2 saturated heterocycles. The summed E-state index contributed by atoms with van der Waals surface area (Å²) in [7, 11) is 0. The van der Waals surface area contributed by atoms with Gasteiger partial charge in [0, 0.05) is 37.7 Å². The summed E-state index contributed by atoms with van der Waals surface area (Å²) in [5.74, 6) is 1.46. The van der Waals surface area contributed by atoms with Crippen LogP contribution in [0.4, 0.5) is 5.82 Å². The van der Waals surface area contributed by atoms with E-state index in [1.807, 2.05) is 18.7 Å². The Morgan fingerprint density at radius 3 is 2.57 bits per heavy atom. The number of primary amides is 1. The van der Waals surface area contributed by atoms with Crippen molar-refractivity contribution >= 4 is 28.7 Å². The van der Waals surface area contributed by atoms with E-state index in [-0.39, 0.29) is 23.7 Å². The number of hydrogen-bond donors (Lipinski definition) is 1. The maximum Gasteiger partial charge on any atom is 0.231 e. The Bertz CT molecular complexity index is 901. The zero-order valence-electron chi connectivity index (χ0n) is 16.5. The molecule has 4 rings (SSSR count). The van der Waals surface area contributed by atoms with Crippen molar-refractivity contribution < 1.29 is 14.0 Å². The van der Waals surface area contributed by atoms with Gasteiger partial charge in [0.1, 0.15) is 17.9 Å². The molecule has 0 bridgehead atoms. The third-order valence-electron chi connectivity index (χ3n) is 6.22. The van der Waals surface area contributed by atoms with E-state index in [1.54, 1.807) is 0 Å². The van der Waals surface area contributed by atoms with E-state index in [2.05, 4.69) is 14.9 Å². The van der Waals surface area contributed by atoms with E-state index < -0.39 is 0 Å². The summed E-state index contributed by atoms with van der Waals surface area (Å²) in [6, 6.07) is 0. The molecule has 8 nitrogen and oxygen atoms in total. The first-order chi connectivity index (χ1) is 13.5. The van der Waals surface area contributed by atoms with Crippen molar-refractivity contribution in [1.29, 1.82) is 0 Å². The van der Waals surface area contributed by atoms with Gasteiger partial charge in [0.15, 0.2) is 0 Å². The van der Waals surface area contributed by atoms with Gasteiger partial charge in [-0.3, -0.25) is 9.59 Å². The molecule has 2 aromatic heterocycles. The van der Waals surface area contributed by atoms with Crippen LogP contribution in [0.1, 0.15) is 37.0 Å². The zero-order chi connectivity index (χ0) is 19.8. The fourth-order valence-electron chi connectivity index (χ4n) is 4.42. The number of carbonyl (C=O) groups is 2. The van der Waals surface area contributed by atoms with Crippen LogP contribution in [0.25, 0.3) is 11.1 Å². The summed E-state index contributed by atoms with van der Waals surface area (Å²) in [6.45, 7) is 6.68. The second-order valence-electron chi connectivity index (χ2n) is 7.95. The van der Waals surface area contributed by atoms with Gasteiger partial charge in [-0.25, -0.2) is 9.97 Å². The number of nitrogens with zero attached hydrogens (tertiary/aromatic N) is 4. The number of furan rings is 1. The van der Waals surface area contributed by atoms with Gasteiger partial charge in [-0.05, 0) is 39.5 Å². The van der Waals surface area contributed by atoms with Crippen LogP contribution in [0.2, 0.25) is 0 Å². The molecule has 2 amide bonds. The molecule has 1 atom stereocenters. The quantitative estimate of drug-likeness (QED) is 0.863. The number of fused-ring (bicyclic) bond motifs is 1. The average Bonchev–Trinajstić information content (AvgIpc) is 3.01. The Balaban J connectivity index is 1.50. The standard InChI is InChI=1S/C20H27N5O3/c1-12-13(2)28-19-16(12)18(22-11-23-19)25-7-3-4-15(10-25)20(27)24-8-5-14(6-9-24)17(21)26/h11,14-15H,3-10H2,1-2H3,(H2,21,26). The first kappa shape index (κ1) is 18.7. The first-order valence-corrected chi connectivity index (χ1v) is 9.99. The molecule has 28 heavy (non-hydrogen) atoms. The van der Waals surface area contributed by atoms with E-state index in [9.17, 15) is 9.59 Å². The normalized spacial score (nSPS) is 21.3. The van der Waals surface area contributed by atoms with E-state index in [0.29, 0.717) is 38.2 Å². The van der Waals surface area contributed by atoms with E-state index in [1.165, 1.54) is 6.33 Å². The fraction of sp³-hybridized carbons (Fsp3) is 0.600. The Labute approximate surface area is 164 Å². The van der Waals surface area contributed by atoms with Crippen LogP contribution in [0.15, 0.2) is 10.7 Å². The van der Waals surface area contributed by atoms with Crippen molar-refractivity contribution in [3.8, 4) is 0 Å². The van der Waals surface area contributed by atoms with E-state index in [4.69, 9.17) is 10.2 Å². The van der Waals surface area contributed by atoms with Gasteiger partial charge in [-0.1, -0.05) is 0 Å². The molecular formula is C20H27N5O3. The molecule has 8 heteroatoms. The maximum absolute atomic E-state index is 13.1. The number of carbonyl (C=O) groups excluding carboxylic acids is 2.